The third-order valence-corrected chi connectivity index (χ3v) is 5.69. The molecule has 3 aromatic rings. The zero-order chi connectivity index (χ0) is 22.1. The summed E-state index contributed by atoms with van der Waals surface area (Å²) in [7, 11) is 0. The summed E-state index contributed by atoms with van der Waals surface area (Å²) in [6.45, 7) is 4.02. The van der Waals surface area contributed by atoms with Gasteiger partial charge in [0, 0.05) is 23.6 Å². The van der Waals surface area contributed by atoms with Crippen LogP contribution < -0.4 is 16.6 Å². The number of hydrogen-bond acceptors (Lipinski definition) is 6. The maximum atomic E-state index is 12.5. The second kappa shape index (κ2) is 8.45. The maximum absolute atomic E-state index is 12.5. The molecule has 2 heterocycles. The van der Waals surface area contributed by atoms with Crippen LogP contribution in [0.3, 0.4) is 0 Å². The molecule has 0 saturated heterocycles. The first-order chi connectivity index (χ1) is 14.9. The van der Waals surface area contributed by atoms with Crippen LogP contribution in [-0.2, 0) is 17.6 Å². The third kappa shape index (κ3) is 3.89. The number of allylic oxidation sites excluding steroid dienone is 2. The molecule has 0 fully saturated rings. The highest BCUT2D eigenvalue weighted by Gasteiger charge is 2.29. The molecule has 0 aliphatic carbocycles. The predicted molar refractivity (Wildman–Crippen MR) is 121 cm³/mol. The molecule has 1 aliphatic heterocycles. The van der Waals surface area contributed by atoms with Gasteiger partial charge in [0.05, 0.1) is 29.4 Å². The number of ether oxygens (including phenoxy) is 1. The van der Waals surface area contributed by atoms with E-state index in [1.807, 2.05) is 54.0 Å². The smallest absolute Gasteiger partial charge is 0.358 e. The first-order valence-corrected chi connectivity index (χ1v) is 10.4. The second-order valence-corrected chi connectivity index (χ2v) is 7.82. The number of anilines is 1. The number of aromatic nitrogens is 2. The summed E-state index contributed by atoms with van der Waals surface area (Å²) in [6, 6.07) is 13.5. The molecule has 0 spiro atoms. The molecule has 0 saturated carbocycles. The van der Waals surface area contributed by atoms with E-state index >= 15 is 0 Å². The maximum Gasteiger partial charge on any atom is 0.358 e. The second-order valence-electron chi connectivity index (χ2n) is 7.41. The molecule has 0 atom stereocenters. The van der Waals surface area contributed by atoms with Gasteiger partial charge in [0.15, 0.2) is 5.69 Å². The van der Waals surface area contributed by atoms with Gasteiger partial charge in [0.25, 0.3) is 0 Å². The molecule has 0 bridgehead atoms. The predicted octanol–water partition coefficient (Wildman–Crippen LogP) is 3.66. The minimum absolute atomic E-state index is 0.256. The number of nitrogens with two attached hydrogens (primary N) is 2. The van der Waals surface area contributed by atoms with E-state index in [0.717, 1.165) is 22.5 Å². The highest BCUT2D eigenvalue weighted by molar-refractivity contribution is 6.31. The number of hydrazine groups is 1. The zero-order valence-electron chi connectivity index (χ0n) is 17.4. The van der Waals surface area contributed by atoms with E-state index in [9.17, 15) is 4.79 Å². The summed E-state index contributed by atoms with van der Waals surface area (Å²) in [5, 5.41) is 2.23. The van der Waals surface area contributed by atoms with Crippen LogP contribution in [0, 0.1) is 6.92 Å². The fourth-order valence-corrected chi connectivity index (χ4v) is 3.96. The summed E-state index contributed by atoms with van der Waals surface area (Å²) in [4.78, 5) is 16.9. The van der Waals surface area contributed by atoms with Gasteiger partial charge in [-0.2, -0.15) is 0 Å². The van der Waals surface area contributed by atoms with Gasteiger partial charge in [-0.25, -0.2) is 15.6 Å². The van der Waals surface area contributed by atoms with Gasteiger partial charge < -0.3 is 10.5 Å². The van der Waals surface area contributed by atoms with Gasteiger partial charge >= 0.3 is 5.97 Å². The molecule has 2 aromatic carbocycles. The highest BCUT2D eigenvalue weighted by atomic mass is 35.5. The number of carbonyl (C=O) groups excluding carboxylic acids is 1. The number of halogens is 1. The third-order valence-electron chi connectivity index (χ3n) is 5.32. The van der Waals surface area contributed by atoms with Crippen molar-refractivity contribution in [1.29, 1.82) is 0 Å². The minimum atomic E-state index is -0.473. The van der Waals surface area contributed by atoms with Crippen LogP contribution in [0.5, 0.6) is 0 Å². The lowest BCUT2D eigenvalue weighted by molar-refractivity contribution is 0.0519. The van der Waals surface area contributed by atoms with E-state index in [4.69, 9.17) is 27.9 Å². The molecular weight excluding hydrogens is 414 g/mol. The van der Waals surface area contributed by atoms with Gasteiger partial charge in [-0.15, -0.1) is 0 Å². The van der Waals surface area contributed by atoms with Crippen molar-refractivity contribution < 1.29 is 9.53 Å². The average Bonchev–Trinajstić information content (AvgIpc) is 3.12. The fourth-order valence-electron chi connectivity index (χ4n) is 3.76. The Hall–Kier alpha value is -3.29. The number of aryl methyl sites for hydroxylation is 1. The van der Waals surface area contributed by atoms with Crippen molar-refractivity contribution in [2.24, 2.45) is 11.6 Å². The number of nitrogens with zero attached hydrogens (tertiary/aromatic N) is 3. The average molecular weight is 438 g/mol. The molecule has 4 rings (SSSR count). The molecule has 160 valence electrons. The fraction of sp³-hybridized carbons (Fsp3) is 0.217. The Labute approximate surface area is 185 Å². The summed E-state index contributed by atoms with van der Waals surface area (Å²) >= 11 is 6.34. The van der Waals surface area contributed by atoms with E-state index in [-0.39, 0.29) is 12.3 Å². The number of carbonyl (C=O) groups is 1. The number of esters is 1. The van der Waals surface area contributed by atoms with Gasteiger partial charge in [-0.1, -0.05) is 35.9 Å². The summed E-state index contributed by atoms with van der Waals surface area (Å²) in [6.07, 6.45) is 2.36. The van der Waals surface area contributed by atoms with Crippen LogP contribution in [0.15, 0.2) is 60.2 Å². The molecule has 31 heavy (non-hydrogen) atoms. The SMILES string of the molecule is CCOC(=O)c1ncn2c1C/C(=C(/N)Cc1ccccc1Cl)N(N)c1cc(C)ccc1-2. The van der Waals surface area contributed by atoms with Crippen LogP contribution in [0.2, 0.25) is 5.02 Å². The van der Waals surface area contributed by atoms with Crippen LogP contribution >= 0.6 is 11.6 Å². The number of rotatable bonds is 4. The Morgan fingerprint density at radius 3 is 2.74 bits per heavy atom. The monoisotopic (exact) mass is 437 g/mol. The molecule has 1 aromatic heterocycles. The van der Waals surface area contributed by atoms with Crippen molar-refractivity contribution >= 4 is 23.3 Å². The number of benzene rings is 2. The number of hydrogen-bond donors (Lipinski definition) is 2. The van der Waals surface area contributed by atoms with E-state index in [1.165, 1.54) is 0 Å². The molecule has 1 aliphatic rings. The van der Waals surface area contributed by atoms with Crippen LogP contribution in [0.4, 0.5) is 5.69 Å². The summed E-state index contributed by atoms with van der Waals surface area (Å²) < 4.78 is 7.08. The lowest BCUT2D eigenvalue weighted by atomic mass is 10.1. The van der Waals surface area contributed by atoms with Crippen molar-refractivity contribution in [1.82, 2.24) is 9.55 Å². The highest BCUT2D eigenvalue weighted by Crippen LogP contribution is 2.34. The molecule has 0 amide bonds. The van der Waals surface area contributed by atoms with E-state index in [1.54, 1.807) is 18.3 Å². The van der Waals surface area contributed by atoms with Crippen LogP contribution in [0.25, 0.3) is 5.69 Å². The van der Waals surface area contributed by atoms with Crippen molar-refractivity contribution in [2.45, 2.75) is 26.7 Å². The molecule has 8 heteroatoms. The van der Waals surface area contributed by atoms with Gasteiger partial charge in [-0.3, -0.25) is 9.58 Å². The zero-order valence-corrected chi connectivity index (χ0v) is 18.2. The lowest BCUT2D eigenvalue weighted by Gasteiger charge is -2.24. The van der Waals surface area contributed by atoms with E-state index < -0.39 is 5.97 Å². The Bertz CT molecular complexity index is 1180. The molecule has 4 N–H and O–H groups in total. The first-order valence-electron chi connectivity index (χ1n) is 10.0. The van der Waals surface area contributed by atoms with Crippen molar-refractivity contribution in [2.75, 3.05) is 11.6 Å². The van der Waals surface area contributed by atoms with Crippen molar-refractivity contribution in [3.8, 4) is 5.69 Å². The molecule has 0 radical (unpaired) electrons. The van der Waals surface area contributed by atoms with Crippen molar-refractivity contribution in [3.05, 3.63) is 87.7 Å². The Morgan fingerprint density at radius 1 is 1.23 bits per heavy atom. The topological polar surface area (TPSA) is 99.4 Å². The number of fused-ring (bicyclic) bond motifs is 3. The normalized spacial score (nSPS) is 14.5. The van der Waals surface area contributed by atoms with Gasteiger partial charge in [0.1, 0.15) is 6.33 Å². The minimum Gasteiger partial charge on any atom is -0.461 e. The largest absolute Gasteiger partial charge is 0.461 e. The van der Waals surface area contributed by atoms with Crippen molar-refractivity contribution in [3.63, 3.8) is 0 Å². The van der Waals surface area contributed by atoms with Crippen LogP contribution in [0.1, 0.15) is 34.2 Å². The molecule has 0 unspecified atom stereocenters. The molecule has 7 nitrogen and oxygen atoms in total. The van der Waals surface area contributed by atoms with Gasteiger partial charge in [-0.05, 0) is 43.2 Å². The molecular formula is C23H24ClN5O2. The Kier molecular flexibility index (Phi) is 5.71. The summed E-state index contributed by atoms with van der Waals surface area (Å²) in [5.41, 5.74) is 12.3. The Balaban J connectivity index is 1.88. The van der Waals surface area contributed by atoms with Gasteiger partial charge in [0.2, 0.25) is 0 Å². The standard InChI is InChI=1S/C23H24ClN5O2/c1-3-31-23(30)22-21-12-19(17(25)11-15-6-4-5-7-16(15)24)29(26)20-10-14(2)8-9-18(20)28(21)13-27-22/h4-10,13H,3,11-12,25-26H2,1-2H3/b19-17-. The van der Waals surface area contributed by atoms with E-state index in [0.29, 0.717) is 35.0 Å². The quantitative estimate of drug-likeness (QED) is 0.477. The summed E-state index contributed by atoms with van der Waals surface area (Å²) in [5.74, 6) is 6.12. The first kappa shape index (κ1) is 21.0. The number of imidazole rings is 1. The van der Waals surface area contributed by atoms with Crippen LogP contribution in [-0.4, -0.2) is 22.1 Å². The van der Waals surface area contributed by atoms with E-state index in [2.05, 4.69) is 4.98 Å². The Morgan fingerprint density at radius 2 is 2.00 bits per heavy atom. The lowest BCUT2D eigenvalue weighted by Crippen LogP contribution is -2.33.